The number of hydrogen-bond acceptors (Lipinski definition) is 3. The van der Waals surface area contributed by atoms with E-state index in [-0.39, 0.29) is 17.8 Å². The SMILES string of the molecule is NNC(=O)c1[nH]c2cc(Cl)ccc2c1-c1c(-c2ccc(F)cc2)cnn1Cc1cc(F)c(F)c(F)c1. The molecule has 182 valence electrons. The highest BCUT2D eigenvalue weighted by atomic mass is 35.5. The van der Waals surface area contributed by atoms with Crippen LogP contribution in [0.25, 0.3) is 33.3 Å². The van der Waals surface area contributed by atoms with Gasteiger partial charge in [-0.05, 0) is 47.5 Å². The summed E-state index contributed by atoms with van der Waals surface area (Å²) < 4.78 is 56.4. The maximum atomic E-state index is 13.9. The quantitative estimate of drug-likeness (QED) is 0.0945. The third-order valence-electron chi connectivity index (χ3n) is 5.73. The lowest BCUT2D eigenvalue weighted by Crippen LogP contribution is -2.30. The lowest BCUT2D eigenvalue weighted by molar-refractivity contribution is 0.0950. The van der Waals surface area contributed by atoms with Crippen molar-refractivity contribution in [3.8, 4) is 22.4 Å². The number of H-pyrrole nitrogens is 1. The Morgan fingerprint density at radius 3 is 2.39 bits per heavy atom. The van der Waals surface area contributed by atoms with E-state index in [0.29, 0.717) is 38.3 Å². The molecule has 0 saturated carbocycles. The van der Waals surface area contributed by atoms with Crippen molar-refractivity contribution in [2.24, 2.45) is 5.84 Å². The molecule has 36 heavy (non-hydrogen) atoms. The molecule has 0 bridgehead atoms. The van der Waals surface area contributed by atoms with Gasteiger partial charge in [-0.15, -0.1) is 0 Å². The highest BCUT2D eigenvalue weighted by Crippen LogP contribution is 2.40. The molecule has 0 fully saturated rings. The summed E-state index contributed by atoms with van der Waals surface area (Å²) in [5, 5.41) is 5.38. The molecular weight excluding hydrogens is 498 g/mol. The average Bonchev–Trinajstić information content (AvgIpc) is 3.42. The number of fused-ring (bicyclic) bond motifs is 1. The molecule has 3 aromatic carbocycles. The molecule has 0 aliphatic carbocycles. The van der Waals surface area contributed by atoms with Crippen molar-refractivity contribution < 1.29 is 22.4 Å². The first kappa shape index (κ1) is 23.6. The molecule has 2 heterocycles. The summed E-state index contributed by atoms with van der Waals surface area (Å²) in [6.45, 7) is -0.172. The van der Waals surface area contributed by atoms with Crippen molar-refractivity contribution in [2.75, 3.05) is 0 Å². The van der Waals surface area contributed by atoms with Crippen LogP contribution < -0.4 is 11.3 Å². The Morgan fingerprint density at radius 1 is 1.03 bits per heavy atom. The Labute approximate surface area is 206 Å². The van der Waals surface area contributed by atoms with Crippen LogP contribution in [-0.4, -0.2) is 20.7 Å². The van der Waals surface area contributed by atoms with Gasteiger partial charge in [0.2, 0.25) is 0 Å². The van der Waals surface area contributed by atoms with Gasteiger partial charge >= 0.3 is 0 Å². The molecule has 4 N–H and O–H groups in total. The van der Waals surface area contributed by atoms with Crippen molar-refractivity contribution in [3.05, 3.63) is 100 Å². The molecule has 0 spiro atoms. The zero-order valence-electron chi connectivity index (χ0n) is 18.3. The maximum absolute atomic E-state index is 13.9. The summed E-state index contributed by atoms with van der Waals surface area (Å²) in [6.07, 6.45) is 1.48. The normalized spacial score (nSPS) is 11.3. The Kier molecular flexibility index (Phi) is 5.99. The van der Waals surface area contributed by atoms with E-state index in [4.69, 9.17) is 17.4 Å². The Balaban J connectivity index is 1.79. The van der Waals surface area contributed by atoms with E-state index in [1.807, 2.05) is 0 Å². The second-order valence-corrected chi connectivity index (χ2v) is 8.42. The van der Waals surface area contributed by atoms with Crippen LogP contribution in [0.3, 0.4) is 0 Å². The number of hydrazine groups is 1. The van der Waals surface area contributed by atoms with Crippen LogP contribution in [0, 0.1) is 23.3 Å². The molecule has 0 atom stereocenters. The second-order valence-electron chi connectivity index (χ2n) is 7.98. The predicted octanol–water partition coefficient (Wildman–Crippen LogP) is 5.56. The zero-order valence-corrected chi connectivity index (χ0v) is 19.0. The standard InChI is InChI=1S/C25H16ClF4N5O/c26-14-3-6-16-20(9-14)33-23(25(36)34-31)21(16)24-17(13-1-4-15(27)5-2-13)10-32-35(24)11-12-7-18(28)22(30)19(29)8-12/h1-10,33H,11,31H2,(H,34,36). The molecular formula is C25H16ClF4N5O. The van der Waals surface area contributed by atoms with E-state index in [0.717, 1.165) is 12.1 Å². The number of nitrogens with zero attached hydrogens (tertiary/aromatic N) is 2. The van der Waals surface area contributed by atoms with Gasteiger partial charge in [-0.3, -0.25) is 14.9 Å². The topological polar surface area (TPSA) is 88.7 Å². The summed E-state index contributed by atoms with van der Waals surface area (Å²) in [7, 11) is 0. The number of aromatic nitrogens is 3. The van der Waals surface area contributed by atoms with E-state index < -0.39 is 29.2 Å². The fourth-order valence-corrected chi connectivity index (χ4v) is 4.31. The first-order chi connectivity index (χ1) is 17.3. The molecule has 0 unspecified atom stereocenters. The Morgan fingerprint density at radius 2 is 1.72 bits per heavy atom. The number of hydrogen-bond donors (Lipinski definition) is 3. The largest absolute Gasteiger partial charge is 0.350 e. The molecule has 0 aliphatic rings. The minimum Gasteiger partial charge on any atom is -0.350 e. The number of aromatic amines is 1. The Bertz CT molecular complexity index is 1610. The molecule has 0 radical (unpaired) electrons. The number of amides is 1. The monoisotopic (exact) mass is 513 g/mol. The maximum Gasteiger partial charge on any atom is 0.282 e. The minimum atomic E-state index is -1.58. The molecule has 2 aromatic heterocycles. The minimum absolute atomic E-state index is 0.0799. The van der Waals surface area contributed by atoms with Crippen molar-refractivity contribution in [1.29, 1.82) is 0 Å². The van der Waals surface area contributed by atoms with Gasteiger partial charge in [0, 0.05) is 27.1 Å². The summed E-state index contributed by atoms with van der Waals surface area (Å²) in [4.78, 5) is 15.8. The van der Waals surface area contributed by atoms with Gasteiger partial charge < -0.3 is 4.98 Å². The van der Waals surface area contributed by atoms with Crippen molar-refractivity contribution >= 4 is 28.4 Å². The van der Waals surface area contributed by atoms with Crippen molar-refractivity contribution in [2.45, 2.75) is 6.54 Å². The smallest absolute Gasteiger partial charge is 0.282 e. The number of benzene rings is 3. The highest BCUT2D eigenvalue weighted by Gasteiger charge is 2.26. The van der Waals surface area contributed by atoms with E-state index >= 15 is 0 Å². The molecule has 0 saturated heterocycles. The molecule has 0 aliphatic heterocycles. The van der Waals surface area contributed by atoms with Crippen LogP contribution in [0.15, 0.2) is 60.8 Å². The summed E-state index contributed by atoms with van der Waals surface area (Å²) in [6, 6.07) is 12.3. The molecule has 1 amide bonds. The van der Waals surface area contributed by atoms with Gasteiger partial charge in [0.15, 0.2) is 17.5 Å². The second kappa shape index (κ2) is 9.14. The van der Waals surface area contributed by atoms with Crippen LogP contribution in [0.2, 0.25) is 5.02 Å². The van der Waals surface area contributed by atoms with Gasteiger partial charge in [-0.1, -0.05) is 29.8 Å². The number of halogens is 5. The van der Waals surface area contributed by atoms with E-state index in [1.165, 1.54) is 35.1 Å². The van der Waals surface area contributed by atoms with Crippen LogP contribution in [0.4, 0.5) is 17.6 Å². The number of nitrogen functional groups attached to an aromatic ring is 1. The van der Waals surface area contributed by atoms with E-state index in [9.17, 15) is 22.4 Å². The zero-order chi connectivity index (χ0) is 25.6. The van der Waals surface area contributed by atoms with Gasteiger partial charge in [0.05, 0.1) is 18.4 Å². The lowest BCUT2D eigenvalue weighted by atomic mass is 9.98. The molecule has 11 heteroatoms. The highest BCUT2D eigenvalue weighted by molar-refractivity contribution is 6.31. The van der Waals surface area contributed by atoms with Crippen LogP contribution in [-0.2, 0) is 6.54 Å². The van der Waals surface area contributed by atoms with Gasteiger partial charge in [0.1, 0.15) is 11.5 Å². The summed E-state index contributed by atoms with van der Waals surface area (Å²) in [5.41, 5.74) is 4.61. The van der Waals surface area contributed by atoms with Crippen molar-refractivity contribution in [1.82, 2.24) is 20.2 Å². The number of nitrogens with two attached hydrogens (primary N) is 1. The van der Waals surface area contributed by atoms with Gasteiger partial charge in [-0.2, -0.15) is 5.10 Å². The van der Waals surface area contributed by atoms with Crippen molar-refractivity contribution in [3.63, 3.8) is 0 Å². The predicted molar refractivity (Wildman–Crippen MR) is 127 cm³/mol. The van der Waals surface area contributed by atoms with Crippen LogP contribution in [0.1, 0.15) is 16.1 Å². The third-order valence-corrected chi connectivity index (χ3v) is 5.96. The first-order valence-electron chi connectivity index (χ1n) is 10.5. The summed E-state index contributed by atoms with van der Waals surface area (Å²) in [5.74, 6) is 0.0592. The number of carbonyl (C=O) groups is 1. The molecule has 5 aromatic rings. The number of rotatable bonds is 5. The average molecular weight is 514 g/mol. The fraction of sp³-hybridized carbons (Fsp3) is 0.0400. The van der Waals surface area contributed by atoms with Gasteiger partial charge in [0.25, 0.3) is 5.91 Å². The van der Waals surface area contributed by atoms with Gasteiger partial charge in [-0.25, -0.2) is 23.4 Å². The molecule has 6 nitrogen and oxygen atoms in total. The Hall–Kier alpha value is -4.15. The summed E-state index contributed by atoms with van der Waals surface area (Å²) >= 11 is 6.14. The first-order valence-corrected chi connectivity index (χ1v) is 10.9. The van der Waals surface area contributed by atoms with Crippen LogP contribution in [0.5, 0.6) is 0 Å². The number of carbonyl (C=O) groups excluding carboxylic acids is 1. The third kappa shape index (κ3) is 4.10. The lowest BCUT2D eigenvalue weighted by Gasteiger charge is -2.12. The van der Waals surface area contributed by atoms with E-state index in [1.54, 1.807) is 18.2 Å². The fourth-order valence-electron chi connectivity index (χ4n) is 4.14. The number of nitrogens with one attached hydrogen (secondary N) is 2. The van der Waals surface area contributed by atoms with E-state index in [2.05, 4.69) is 15.5 Å². The molecule has 5 rings (SSSR count). The van der Waals surface area contributed by atoms with Crippen LogP contribution >= 0.6 is 11.6 Å².